The molecular weight excluding hydrogens is 498 g/mol. The third kappa shape index (κ3) is 6.78. The Kier molecular flexibility index (Phi) is 9.71. The van der Waals surface area contributed by atoms with Crippen molar-refractivity contribution in [3.8, 4) is 5.69 Å². The van der Waals surface area contributed by atoms with Crippen LogP contribution in [0.2, 0.25) is 0 Å². The quantitative estimate of drug-likeness (QED) is 0.255. The highest BCUT2D eigenvalue weighted by atomic mass is 127. The van der Waals surface area contributed by atoms with Gasteiger partial charge in [0, 0.05) is 45.2 Å². The molecule has 0 atom stereocenters. The maximum absolute atomic E-state index is 13.1. The van der Waals surface area contributed by atoms with Gasteiger partial charge in [-0.2, -0.15) is 5.10 Å². The molecule has 10 heteroatoms. The minimum atomic E-state index is -0.255. The Morgan fingerprint density at radius 1 is 1.13 bits per heavy atom. The van der Waals surface area contributed by atoms with Gasteiger partial charge in [-0.05, 0) is 37.3 Å². The van der Waals surface area contributed by atoms with Crippen LogP contribution >= 0.6 is 24.0 Å². The third-order valence-electron chi connectivity index (χ3n) is 4.37. The van der Waals surface area contributed by atoms with Gasteiger partial charge in [-0.15, -0.1) is 34.2 Å². The van der Waals surface area contributed by atoms with Gasteiger partial charge in [-0.25, -0.2) is 9.07 Å². The average molecular weight is 526 g/mol. The highest BCUT2D eigenvalue weighted by molar-refractivity contribution is 14.0. The number of aryl methyl sites for hydroxylation is 1. The first kappa shape index (κ1) is 23.8. The zero-order valence-corrected chi connectivity index (χ0v) is 19.6. The van der Waals surface area contributed by atoms with E-state index >= 15 is 0 Å². The van der Waals surface area contributed by atoms with Gasteiger partial charge < -0.3 is 15.2 Å². The molecule has 0 saturated heterocycles. The number of nitrogens with one attached hydrogen (secondary N) is 2. The van der Waals surface area contributed by atoms with Crippen LogP contribution in [0.25, 0.3) is 5.69 Å². The minimum Gasteiger partial charge on any atom is -0.357 e. The van der Waals surface area contributed by atoms with Crippen LogP contribution in [0.4, 0.5) is 4.39 Å². The SMILES string of the molecule is CCNC(=NCCc1ccn(-c2ccc(F)cc2)n1)NCCn1cnnc1CC.I. The van der Waals surface area contributed by atoms with Crippen LogP contribution in [0.15, 0.2) is 47.8 Å². The monoisotopic (exact) mass is 526 g/mol. The van der Waals surface area contributed by atoms with E-state index in [-0.39, 0.29) is 29.8 Å². The molecule has 30 heavy (non-hydrogen) atoms. The molecule has 0 radical (unpaired) electrons. The molecular formula is C20H28FIN8. The number of aromatic nitrogens is 5. The lowest BCUT2D eigenvalue weighted by atomic mass is 10.3. The van der Waals surface area contributed by atoms with Gasteiger partial charge in [-0.3, -0.25) is 4.99 Å². The lowest BCUT2D eigenvalue weighted by Gasteiger charge is -2.12. The molecule has 2 heterocycles. The molecule has 2 N–H and O–H groups in total. The summed E-state index contributed by atoms with van der Waals surface area (Å²) in [5.41, 5.74) is 1.77. The fraction of sp³-hybridized carbons (Fsp3) is 0.400. The fourth-order valence-electron chi connectivity index (χ4n) is 2.89. The Hall–Kier alpha value is -2.50. The molecule has 3 aromatic rings. The number of hydrogen-bond donors (Lipinski definition) is 2. The normalized spacial score (nSPS) is 11.2. The number of hydrogen-bond acceptors (Lipinski definition) is 4. The molecule has 3 rings (SSSR count). The summed E-state index contributed by atoms with van der Waals surface area (Å²) >= 11 is 0. The lowest BCUT2D eigenvalue weighted by Crippen LogP contribution is -2.39. The molecule has 0 saturated carbocycles. The van der Waals surface area contributed by atoms with Crippen LogP contribution in [0.5, 0.6) is 0 Å². The summed E-state index contributed by atoms with van der Waals surface area (Å²) in [6.45, 7) is 7.02. The molecule has 0 spiro atoms. The number of halogens is 2. The number of benzene rings is 1. The maximum atomic E-state index is 13.1. The van der Waals surface area contributed by atoms with E-state index in [1.807, 2.05) is 23.8 Å². The zero-order chi connectivity index (χ0) is 20.5. The highest BCUT2D eigenvalue weighted by Gasteiger charge is 2.04. The maximum Gasteiger partial charge on any atom is 0.191 e. The van der Waals surface area contributed by atoms with Crippen LogP contribution in [-0.2, 0) is 19.4 Å². The Labute approximate surface area is 193 Å². The van der Waals surface area contributed by atoms with E-state index in [9.17, 15) is 4.39 Å². The third-order valence-corrected chi connectivity index (χ3v) is 4.37. The van der Waals surface area contributed by atoms with Crippen LogP contribution in [-0.4, -0.2) is 50.1 Å². The fourth-order valence-corrected chi connectivity index (χ4v) is 2.89. The molecule has 2 aromatic heterocycles. The first-order valence-corrected chi connectivity index (χ1v) is 9.89. The van der Waals surface area contributed by atoms with Gasteiger partial charge in [0.15, 0.2) is 5.96 Å². The number of guanidine groups is 1. The van der Waals surface area contributed by atoms with Crippen molar-refractivity contribution in [3.05, 3.63) is 60.2 Å². The molecule has 0 aliphatic rings. The second-order valence-electron chi connectivity index (χ2n) is 6.46. The van der Waals surface area contributed by atoms with Crippen molar-refractivity contribution in [1.82, 2.24) is 35.2 Å². The molecule has 8 nitrogen and oxygen atoms in total. The minimum absolute atomic E-state index is 0. The summed E-state index contributed by atoms with van der Waals surface area (Å²) in [6, 6.07) is 8.23. The standard InChI is InChI=1S/C20H27FN8.HI/c1-3-19-26-25-15-28(19)14-12-24-20(22-4-2)23-11-9-17-10-13-29(27-17)18-7-5-16(21)6-8-18;/h5-8,10,13,15H,3-4,9,11-12,14H2,1-2H3,(H2,22,23,24);1H. The van der Waals surface area contributed by atoms with Gasteiger partial charge in [-0.1, -0.05) is 6.92 Å². The zero-order valence-electron chi connectivity index (χ0n) is 17.3. The van der Waals surface area contributed by atoms with Crippen LogP contribution in [0, 0.1) is 5.82 Å². The van der Waals surface area contributed by atoms with E-state index in [1.54, 1.807) is 23.1 Å². The van der Waals surface area contributed by atoms with Crippen molar-refractivity contribution >= 4 is 29.9 Å². The Morgan fingerprint density at radius 3 is 2.67 bits per heavy atom. The second-order valence-corrected chi connectivity index (χ2v) is 6.46. The summed E-state index contributed by atoms with van der Waals surface area (Å²) in [7, 11) is 0. The van der Waals surface area contributed by atoms with Crippen molar-refractivity contribution in [2.45, 2.75) is 33.2 Å². The molecule has 162 valence electrons. The summed E-state index contributed by atoms with van der Waals surface area (Å²) in [5.74, 6) is 1.50. The predicted molar refractivity (Wildman–Crippen MR) is 126 cm³/mol. The van der Waals surface area contributed by atoms with Gasteiger partial charge in [0.2, 0.25) is 0 Å². The number of nitrogens with zero attached hydrogens (tertiary/aromatic N) is 6. The Bertz CT molecular complexity index is 919. The summed E-state index contributed by atoms with van der Waals surface area (Å²) in [6.07, 6.45) is 5.21. The van der Waals surface area contributed by atoms with E-state index in [2.05, 4.69) is 37.8 Å². The first-order chi connectivity index (χ1) is 14.2. The molecule has 1 aromatic carbocycles. The largest absolute Gasteiger partial charge is 0.357 e. The van der Waals surface area contributed by atoms with E-state index in [0.29, 0.717) is 6.54 Å². The Morgan fingerprint density at radius 2 is 1.93 bits per heavy atom. The van der Waals surface area contributed by atoms with Crippen molar-refractivity contribution in [3.63, 3.8) is 0 Å². The smallest absolute Gasteiger partial charge is 0.191 e. The summed E-state index contributed by atoms with van der Waals surface area (Å²) in [5, 5.41) is 19.2. The second kappa shape index (κ2) is 12.3. The van der Waals surface area contributed by atoms with Gasteiger partial charge in [0.1, 0.15) is 18.0 Å². The average Bonchev–Trinajstić information content (AvgIpc) is 3.38. The van der Waals surface area contributed by atoms with E-state index in [0.717, 1.165) is 55.6 Å². The van der Waals surface area contributed by atoms with Crippen molar-refractivity contribution in [1.29, 1.82) is 0 Å². The molecule has 0 unspecified atom stereocenters. The van der Waals surface area contributed by atoms with Gasteiger partial charge in [0.25, 0.3) is 0 Å². The van der Waals surface area contributed by atoms with Crippen LogP contribution in [0.1, 0.15) is 25.4 Å². The number of rotatable bonds is 9. The van der Waals surface area contributed by atoms with Crippen LogP contribution < -0.4 is 10.6 Å². The molecule has 0 aliphatic carbocycles. The first-order valence-electron chi connectivity index (χ1n) is 9.89. The van der Waals surface area contributed by atoms with Gasteiger partial charge in [0.05, 0.1) is 11.4 Å². The summed E-state index contributed by atoms with van der Waals surface area (Å²) < 4.78 is 16.8. The van der Waals surface area contributed by atoms with E-state index < -0.39 is 0 Å². The molecule has 0 aliphatic heterocycles. The van der Waals surface area contributed by atoms with Gasteiger partial charge >= 0.3 is 0 Å². The number of aliphatic imine (C=N–C) groups is 1. The topological polar surface area (TPSA) is 85.0 Å². The van der Waals surface area contributed by atoms with Crippen molar-refractivity contribution in [2.24, 2.45) is 4.99 Å². The molecule has 0 amide bonds. The molecule has 0 bridgehead atoms. The summed E-state index contributed by atoms with van der Waals surface area (Å²) in [4.78, 5) is 4.62. The Balaban J connectivity index is 0.00000320. The van der Waals surface area contributed by atoms with E-state index in [1.165, 1.54) is 12.1 Å². The lowest BCUT2D eigenvalue weighted by molar-refractivity contribution is 0.627. The van der Waals surface area contributed by atoms with E-state index in [4.69, 9.17) is 0 Å². The predicted octanol–water partition coefficient (Wildman–Crippen LogP) is 2.58. The van der Waals surface area contributed by atoms with Crippen molar-refractivity contribution in [2.75, 3.05) is 19.6 Å². The highest BCUT2D eigenvalue weighted by Crippen LogP contribution is 2.09. The van der Waals surface area contributed by atoms with Crippen LogP contribution in [0.3, 0.4) is 0 Å². The molecule has 0 fully saturated rings. The van der Waals surface area contributed by atoms with Crippen molar-refractivity contribution < 1.29 is 4.39 Å².